The molecule has 1 aliphatic rings. The average molecular weight is 243 g/mol. The first kappa shape index (κ1) is 11.9. The molecule has 1 aliphatic heterocycles. The zero-order valence-corrected chi connectivity index (χ0v) is 9.77. The summed E-state index contributed by atoms with van der Waals surface area (Å²) in [5.41, 5.74) is 1.27. The SMILES string of the molecule is FC(F)CSc1cccc(C2CCNC2)c1. The Morgan fingerprint density at radius 2 is 2.31 bits per heavy atom. The standard InChI is InChI=1S/C12H15F2NS/c13-12(14)8-16-11-3-1-2-9(6-11)10-4-5-15-7-10/h1-3,6,10,12,15H,4-5,7-8H2. The van der Waals surface area contributed by atoms with E-state index in [0.29, 0.717) is 5.92 Å². The van der Waals surface area contributed by atoms with Gasteiger partial charge in [-0.2, -0.15) is 0 Å². The number of thioether (sulfide) groups is 1. The van der Waals surface area contributed by atoms with E-state index in [2.05, 4.69) is 11.4 Å². The maximum Gasteiger partial charge on any atom is 0.247 e. The molecule has 1 aromatic carbocycles. The molecule has 2 rings (SSSR count). The Bertz CT molecular complexity index is 338. The number of rotatable bonds is 4. The highest BCUT2D eigenvalue weighted by Crippen LogP contribution is 2.27. The van der Waals surface area contributed by atoms with E-state index in [0.717, 1.165) is 24.4 Å². The van der Waals surface area contributed by atoms with Crippen LogP contribution in [-0.2, 0) is 0 Å². The molecule has 1 aromatic rings. The topological polar surface area (TPSA) is 12.0 Å². The van der Waals surface area contributed by atoms with Crippen molar-refractivity contribution in [2.75, 3.05) is 18.8 Å². The molecular formula is C12H15F2NS. The van der Waals surface area contributed by atoms with Crippen molar-refractivity contribution < 1.29 is 8.78 Å². The third kappa shape index (κ3) is 3.19. The fourth-order valence-electron chi connectivity index (χ4n) is 1.96. The van der Waals surface area contributed by atoms with Crippen LogP contribution in [-0.4, -0.2) is 25.3 Å². The number of halogens is 2. The first-order valence-corrected chi connectivity index (χ1v) is 6.46. The van der Waals surface area contributed by atoms with Crippen molar-refractivity contribution in [2.24, 2.45) is 0 Å². The Morgan fingerprint density at radius 1 is 1.44 bits per heavy atom. The molecule has 1 heterocycles. The van der Waals surface area contributed by atoms with E-state index >= 15 is 0 Å². The third-order valence-electron chi connectivity index (χ3n) is 2.77. The molecule has 0 amide bonds. The van der Waals surface area contributed by atoms with Gasteiger partial charge in [0, 0.05) is 11.4 Å². The summed E-state index contributed by atoms with van der Waals surface area (Å²) in [5, 5.41) is 3.31. The average Bonchev–Trinajstić information content (AvgIpc) is 2.80. The van der Waals surface area contributed by atoms with Crippen LogP contribution < -0.4 is 5.32 Å². The lowest BCUT2D eigenvalue weighted by Gasteiger charge is -2.10. The second kappa shape index (κ2) is 5.64. The Labute approximate surface area is 98.6 Å². The van der Waals surface area contributed by atoms with Gasteiger partial charge in [-0.1, -0.05) is 12.1 Å². The van der Waals surface area contributed by atoms with Crippen molar-refractivity contribution in [3.63, 3.8) is 0 Å². The smallest absolute Gasteiger partial charge is 0.247 e. The van der Waals surface area contributed by atoms with Gasteiger partial charge in [-0.05, 0) is 36.6 Å². The fourth-order valence-corrected chi connectivity index (χ4v) is 2.67. The molecule has 1 nitrogen and oxygen atoms in total. The highest BCUT2D eigenvalue weighted by atomic mass is 32.2. The van der Waals surface area contributed by atoms with Gasteiger partial charge < -0.3 is 5.32 Å². The van der Waals surface area contributed by atoms with Crippen LogP contribution in [0.1, 0.15) is 17.9 Å². The van der Waals surface area contributed by atoms with E-state index < -0.39 is 6.43 Å². The number of benzene rings is 1. The molecule has 0 radical (unpaired) electrons. The summed E-state index contributed by atoms with van der Waals surface area (Å²) < 4.78 is 24.2. The number of hydrogen-bond donors (Lipinski definition) is 1. The van der Waals surface area contributed by atoms with Crippen molar-refractivity contribution in [3.05, 3.63) is 29.8 Å². The largest absolute Gasteiger partial charge is 0.316 e. The van der Waals surface area contributed by atoms with Gasteiger partial charge in [-0.3, -0.25) is 0 Å². The van der Waals surface area contributed by atoms with E-state index in [-0.39, 0.29) is 5.75 Å². The monoisotopic (exact) mass is 243 g/mol. The van der Waals surface area contributed by atoms with E-state index in [9.17, 15) is 8.78 Å². The quantitative estimate of drug-likeness (QED) is 0.815. The Morgan fingerprint density at radius 3 is 3.00 bits per heavy atom. The second-order valence-corrected chi connectivity index (χ2v) is 5.06. The van der Waals surface area contributed by atoms with E-state index in [1.54, 1.807) is 0 Å². The van der Waals surface area contributed by atoms with Crippen molar-refractivity contribution in [3.8, 4) is 0 Å². The van der Waals surface area contributed by atoms with Gasteiger partial charge >= 0.3 is 0 Å². The van der Waals surface area contributed by atoms with Crippen molar-refractivity contribution in [2.45, 2.75) is 23.7 Å². The number of nitrogens with one attached hydrogen (secondary N) is 1. The minimum atomic E-state index is -2.23. The van der Waals surface area contributed by atoms with Crippen LogP contribution in [0.3, 0.4) is 0 Å². The molecule has 88 valence electrons. The molecule has 16 heavy (non-hydrogen) atoms. The van der Waals surface area contributed by atoms with Crippen LogP contribution in [0.15, 0.2) is 29.2 Å². The van der Waals surface area contributed by atoms with Gasteiger partial charge in [0.1, 0.15) is 0 Å². The predicted octanol–water partition coefficient (Wildman–Crippen LogP) is 3.12. The van der Waals surface area contributed by atoms with Crippen LogP contribution >= 0.6 is 11.8 Å². The Kier molecular flexibility index (Phi) is 4.18. The normalized spacial score (nSPS) is 20.6. The van der Waals surface area contributed by atoms with Crippen LogP contribution in [0.25, 0.3) is 0 Å². The molecule has 1 saturated heterocycles. The molecule has 1 unspecified atom stereocenters. The van der Waals surface area contributed by atoms with Crippen molar-refractivity contribution in [1.82, 2.24) is 5.32 Å². The lowest BCUT2D eigenvalue weighted by Crippen LogP contribution is -2.07. The zero-order chi connectivity index (χ0) is 11.4. The summed E-state index contributed by atoms with van der Waals surface area (Å²) in [6, 6.07) is 8.00. The summed E-state index contributed by atoms with van der Waals surface area (Å²) in [7, 11) is 0. The van der Waals surface area contributed by atoms with E-state index in [1.807, 2.05) is 18.2 Å². The van der Waals surface area contributed by atoms with Gasteiger partial charge in [0.25, 0.3) is 0 Å². The van der Waals surface area contributed by atoms with Crippen molar-refractivity contribution in [1.29, 1.82) is 0 Å². The molecule has 0 spiro atoms. The van der Waals surface area contributed by atoms with Gasteiger partial charge in [0.2, 0.25) is 6.43 Å². The van der Waals surface area contributed by atoms with Crippen LogP contribution in [0.4, 0.5) is 8.78 Å². The lowest BCUT2D eigenvalue weighted by molar-refractivity contribution is 0.177. The molecule has 0 saturated carbocycles. The second-order valence-electron chi connectivity index (χ2n) is 3.96. The summed E-state index contributed by atoms with van der Waals surface area (Å²) in [5.74, 6) is 0.430. The Hall–Kier alpha value is -0.610. The minimum Gasteiger partial charge on any atom is -0.316 e. The summed E-state index contributed by atoms with van der Waals surface area (Å²) in [6.45, 7) is 2.06. The predicted molar refractivity (Wildman–Crippen MR) is 63.4 cm³/mol. The molecule has 1 N–H and O–H groups in total. The summed E-state index contributed by atoms with van der Waals surface area (Å²) in [4.78, 5) is 0.949. The fraction of sp³-hybridized carbons (Fsp3) is 0.500. The van der Waals surface area contributed by atoms with Gasteiger partial charge in [0.15, 0.2) is 0 Å². The molecule has 0 aliphatic carbocycles. The van der Waals surface area contributed by atoms with Crippen LogP contribution in [0.2, 0.25) is 0 Å². The van der Waals surface area contributed by atoms with Crippen molar-refractivity contribution >= 4 is 11.8 Å². The zero-order valence-electron chi connectivity index (χ0n) is 8.96. The van der Waals surface area contributed by atoms with Crippen LogP contribution in [0, 0.1) is 0 Å². The molecule has 1 atom stereocenters. The van der Waals surface area contributed by atoms with E-state index in [1.165, 1.54) is 17.3 Å². The van der Waals surface area contributed by atoms with Gasteiger partial charge in [-0.25, -0.2) is 8.78 Å². The van der Waals surface area contributed by atoms with Gasteiger partial charge in [0.05, 0.1) is 5.75 Å². The lowest BCUT2D eigenvalue weighted by atomic mass is 9.99. The number of hydrogen-bond acceptors (Lipinski definition) is 2. The first-order chi connectivity index (χ1) is 7.75. The molecular weight excluding hydrogens is 228 g/mol. The third-order valence-corrected chi connectivity index (χ3v) is 3.77. The van der Waals surface area contributed by atoms with Gasteiger partial charge in [-0.15, -0.1) is 11.8 Å². The van der Waals surface area contributed by atoms with E-state index in [4.69, 9.17) is 0 Å². The first-order valence-electron chi connectivity index (χ1n) is 5.47. The maximum atomic E-state index is 12.1. The highest BCUT2D eigenvalue weighted by molar-refractivity contribution is 7.99. The molecule has 4 heteroatoms. The molecule has 1 fully saturated rings. The molecule has 0 bridgehead atoms. The summed E-state index contributed by atoms with van der Waals surface area (Å²) >= 11 is 1.23. The number of alkyl halides is 2. The molecule has 0 aromatic heterocycles. The summed E-state index contributed by atoms with van der Waals surface area (Å²) in [6.07, 6.45) is -1.09. The minimum absolute atomic E-state index is 0.119. The maximum absolute atomic E-state index is 12.1. The highest BCUT2D eigenvalue weighted by Gasteiger charge is 2.16. The Balaban J connectivity index is 2.01. The van der Waals surface area contributed by atoms with Crippen LogP contribution in [0.5, 0.6) is 0 Å².